The molecule has 0 radical (unpaired) electrons. The summed E-state index contributed by atoms with van der Waals surface area (Å²) in [6.07, 6.45) is 14.4. The van der Waals surface area contributed by atoms with E-state index in [0.29, 0.717) is 18.5 Å². The minimum Gasteiger partial charge on any atom is -0.463 e. The summed E-state index contributed by atoms with van der Waals surface area (Å²) in [6, 6.07) is 37.0. The number of aryl methyl sites for hydroxylation is 5. The molecular formula is C71H80F2O6. The van der Waals surface area contributed by atoms with Gasteiger partial charge in [0.15, 0.2) is 0 Å². The molecule has 0 unspecified atom stereocenters. The van der Waals surface area contributed by atoms with Crippen molar-refractivity contribution in [1.82, 2.24) is 0 Å². The zero-order valence-corrected chi connectivity index (χ0v) is 48.1. The van der Waals surface area contributed by atoms with Gasteiger partial charge in [-0.3, -0.25) is 4.79 Å². The monoisotopic (exact) mass is 1070 g/mol. The first-order chi connectivity index (χ1) is 37.9. The fraction of sp³-hybridized carbons (Fsp3) is 0.408. The van der Waals surface area contributed by atoms with Crippen molar-refractivity contribution in [2.75, 3.05) is 0 Å². The highest BCUT2D eigenvalue weighted by Gasteiger charge is 2.34. The summed E-state index contributed by atoms with van der Waals surface area (Å²) in [5, 5.41) is 21.6. The number of rotatable bonds is 14. The number of hydrogen-bond donors (Lipinski definition) is 2. The van der Waals surface area contributed by atoms with Crippen LogP contribution >= 0.6 is 0 Å². The average Bonchev–Trinajstić information content (AvgIpc) is 3.46. The van der Waals surface area contributed by atoms with Crippen molar-refractivity contribution < 1.29 is 38.1 Å². The van der Waals surface area contributed by atoms with Gasteiger partial charge in [0.1, 0.15) is 29.4 Å². The summed E-state index contributed by atoms with van der Waals surface area (Å²) in [6.45, 7) is 19.6. The molecule has 6 nitrogen and oxygen atoms in total. The summed E-state index contributed by atoms with van der Waals surface area (Å²) < 4.78 is 33.8. The van der Waals surface area contributed by atoms with E-state index in [4.69, 9.17) is 14.3 Å². The van der Waals surface area contributed by atoms with Crippen molar-refractivity contribution in [3.8, 4) is 45.9 Å². The van der Waals surface area contributed by atoms with Crippen molar-refractivity contribution in [2.24, 2.45) is 0 Å². The standard InChI is InChI=1S/C35H39FO3.C35H41FO.CO2/c1-5-35(6-2,30-13-12-27(25(3)20-30)16-19-34(38)17-8-7-9-18-34)31-14-15-32(26(4)21-31)28-10-11-29(23-39-24-37)33(36)22-28;1-6-27-12-13-29(24-33(27)36)32-17-16-31(23-26(32)5)35(7-2,8-3)30-15-14-28(25(4)22-30)18-21-34(37)19-10-9-11-20-34;2-1-3/h10-15,20-22,24,38H,5-9,17-18,23H2,1-4H3;12-17,22-24,37H,6-11,19-20H2,1-5H3;. The second kappa shape index (κ2) is 27.8. The van der Waals surface area contributed by atoms with Crippen molar-refractivity contribution >= 4 is 12.6 Å². The number of halogens is 2. The molecule has 2 aliphatic rings. The molecule has 6 aromatic rings. The van der Waals surface area contributed by atoms with Gasteiger partial charge in [0.05, 0.1) is 0 Å². The lowest BCUT2D eigenvalue weighted by Gasteiger charge is -2.34. The molecule has 0 amide bonds. The van der Waals surface area contributed by atoms with Crippen LogP contribution in [-0.4, -0.2) is 34.0 Å². The molecule has 2 aliphatic carbocycles. The van der Waals surface area contributed by atoms with Crippen LogP contribution in [-0.2, 0) is 43.0 Å². The molecule has 0 heterocycles. The fourth-order valence-corrected chi connectivity index (χ4v) is 12.1. The Hall–Kier alpha value is -6.93. The Morgan fingerprint density at radius 2 is 0.861 bits per heavy atom. The van der Waals surface area contributed by atoms with Crippen LogP contribution in [0.25, 0.3) is 22.3 Å². The lowest BCUT2D eigenvalue weighted by molar-refractivity contribution is -0.191. The molecule has 0 aromatic heterocycles. The van der Waals surface area contributed by atoms with Gasteiger partial charge in [0.2, 0.25) is 0 Å². The predicted octanol–water partition coefficient (Wildman–Crippen LogP) is 16.2. The Kier molecular flexibility index (Phi) is 21.6. The minimum atomic E-state index is -0.855. The van der Waals surface area contributed by atoms with E-state index in [1.54, 1.807) is 12.1 Å². The van der Waals surface area contributed by atoms with Crippen molar-refractivity contribution in [3.05, 3.63) is 188 Å². The van der Waals surface area contributed by atoms with E-state index in [2.05, 4.69) is 152 Å². The zero-order chi connectivity index (χ0) is 57.4. The van der Waals surface area contributed by atoms with Crippen LogP contribution in [0.4, 0.5) is 8.78 Å². The van der Waals surface area contributed by atoms with Crippen LogP contribution in [0.2, 0.25) is 0 Å². The molecule has 0 aliphatic heterocycles. The normalized spacial score (nSPS) is 14.5. The Bertz CT molecular complexity index is 3230. The Balaban J connectivity index is 0.000000243. The van der Waals surface area contributed by atoms with E-state index in [1.165, 1.54) is 41.2 Å². The highest BCUT2D eigenvalue weighted by molar-refractivity contribution is 5.70. The molecule has 2 saturated carbocycles. The number of carbonyl (C=O) groups excluding carboxylic acids is 3. The molecule has 6 aromatic carbocycles. The average molecular weight is 1070 g/mol. The Morgan fingerprint density at radius 1 is 0.506 bits per heavy atom. The molecule has 2 N–H and O–H groups in total. The molecule has 0 spiro atoms. The fourth-order valence-electron chi connectivity index (χ4n) is 12.1. The molecule has 0 saturated heterocycles. The van der Waals surface area contributed by atoms with Crippen molar-refractivity contribution in [3.63, 3.8) is 0 Å². The Labute approximate surface area is 469 Å². The van der Waals surface area contributed by atoms with Crippen LogP contribution in [0.15, 0.2) is 109 Å². The topological polar surface area (TPSA) is 101 Å². The molecule has 8 heteroatoms. The maximum Gasteiger partial charge on any atom is 0.373 e. The van der Waals surface area contributed by atoms with E-state index in [1.807, 2.05) is 25.1 Å². The molecular weight excluding hydrogens is 987 g/mol. The van der Waals surface area contributed by atoms with E-state index >= 15 is 0 Å². The van der Waals surface area contributed by atoms with Gasteiger partial charge in [0, 0.05) is 27.5 Å². The van der Waals surface area contributed by atoms with Gasteiger partial charge in [0.25, 0.3) is 6.47 Å². The largest absolute Gasteiger partial charge is 0.463 e. The lowest BCUT2D eigenvalue weighted by atomic mass is 9.69. The van der Waals surface area contributed by atoms with Gasteiger partial charge < -0.3 is 14.9 Å². The maximum atomic E-state index is 14.6. The van der Waals surface area contributed by atoms with Gasteiger partial charge in [-0.2, -0.15) is 9.59 Å². The van der Waals surface area contributed by atoms with Gasteiger partial charge in [-0.15, -0.1) is 0 Å². The van der Waals surface area contributed by atoms with Gasteiger partial charge in [-0.25, -0.2) is 8.78 Å². The second-order valence-corrected chi connectivity index (χ2v) is 21.8. The zero-order valence-electron chi connectivity index (χ0n) is 48.1. The smallest absolute Gasteiger partial charge is 0.373 e. The van der Waals surface area contributed by atoms with E-state index in [9.17, 15) is 23.8 Å². The third-order valence-electron chi connectivity index (χ3n) is 17.2. The van der Waals surface area contributed by atoms with Crippen LogP contribution < -0.4 is 0 Å². The summed E-state index contributed by atoms with van der Waals surface area (Å²) in [5.41, 5.74) is 14.5. The number of hydrogen-bond acceptors (Lipinski definition) is 6. The predicted molar refractivity (Wildman–Crippen MR) is 313 cm³/mol. The quantitative estimate of drug-likeness (QED) is 0.0832. The first-order valence-corrected chi connectivity index (χ1v) is 28.5. The van der Waals surface area contributed by atoms with Crippen LogP contribution in [0, 0.1) is 63.0 Å². The highest BCUT2D eigenvalue weighted by atomic mass is 19.1. The van der Waals surface area contributed by atoms with Gasteiger partial charge in [-0.05, 0) is 208 Å². The van der Waals surface area contributed by atoms with Crippen molar-refractivity contribution in [2.45, 2.75) is 187 Å². The first kappa shape index (κ1) is 61.3. The van der Waals surface area contributed by atoms with Crippen LogP contribution in [0.1, 0.15) is 191 Å². The molecule has 414 valence electrons. The molecule has 79 heavy (non-hydrogen) atoms. The van der Waals surface area contributed by atoms with E-state index in [0.717, 1.165) is 138 Å². The number of ether oxygens (including phenoxy) is 1. The Morgan fingerprint density at radius 3 is 1.18 bits per heavy atom. The second-order valence-electron chi connectivity index (χ2n) is 21.8. The SMILES string of the molecule is CCC(CC)(c1ccc(C#CC2(O)CCCCC2)c(C)c1)c1ccc(-c2ccc(COC=O)c(F)c2)c(C)c1.CCc1ccc(-c2ccc(C(CC)(CC)c3ccc(C#CC4(O)CCCCC4)c(C)c3)cc2C)cc1F.O=C=O. The summed E-state index contributed by atoms with van der Waals surface area (Å²) >= 11 is 0. The molecule has 8 rings (SSSR count). The summed E-state index contributed by atoms with van der Waals surface area (Å²) in [7, 11) is 0. The minimum absolute atomic E-state index is 0.0757. The molecule has 0 bridgehead atoms. The molecule has 2 fully saturated rings. The summed E-state index contributed by atoms with van der Waals surface area (Å²) in [5.74, 6) is 12.4. The number of benzene rings is 6. The van der Waals surface area contributed by atoms with E-state index in [-0.39, 0.29) is 35.2 Å². The van der Waals surface area contributed by atoms with Crippen molar-refractivity contribution in [1.29, 1.82) is 0 Å². The number of carbonyl (C=O) groups is 1. The van der Waals surface area contributed by atoms with Crippen LogP contribution in [0.5, 0.6) is 0 Å². The van der Waals surface area contributed by atoms with Gasteiger partial charge >= 0.3 is 6.15 Å². The maximum absolute atomic E-state index is 14.6. The number of aliphatic hydroxyl groups is 2. The third-order valence-corrected chi connectivity index (χ3v) is 17.2. The first-order valence-electron chi connectivity index (χ1n) is 28.5. The summed E-state index contributed by atoms with van der Waals surface area (Å²) in [4.78, 5) is 26.7. The van der Waals surface area contributed by atoms with E-state index < -0.39 is 11.2 Å². The van der Waals surface area contributed by atoms with Gasteiger partial charge in [-0.1, -0.05) is 156 Å². The molecule has 0 atom stereocenters. The highest BCUT2D eigenvalue weighted by Crippen LogP contribution is 2.43. The third kappa shape index (κ3) is 14.5. The van der Waals surface area contributed by atoms with Crippen LogP contribution in [0.3, 0.4) is 0 Å². The lowest BCUT2D eigenvalue weighted by Crippen LogP contribution is -2.29.